The van der Waals surface area contributed by atoms with Gasteiger partial charge in [-0.05, 0) is 39.4 Å². The van der Waals surface area contributed by atoms with Gasteiger partial charge in [0, 0.05) is 24.6 Å². The average molecular weight is 310 g/mol. The fourth-order valence-corrected chi connectivity index (χ4v) is 2.75. The van der Waals surface area contributed by atoms with Crippen molar-refractivity contribution in [2.24, 2.45) is 0 Å². The smallest absolute Gasteiger partial charge is 0.128 e. The molecule has 21 heavy (non-hydrogen) atoms. The molecule has 0 amide bonds. The van der Waals surface area contributed by atoms with Crippen LogP contribution in [0.15, 0.2) is 18.2 Å². The molecule has 0 fully saturated rings. The molecule has 1 heterocycles. The highest BCUT2D eigenvalue weighted by atomic mass is 35.5. The Hall–Kier alpha value is -1.39. The second-order valence-electron chi connectivity index (χ2n) is 5.23. The molecular formula is C16H21ClFN3. The number of nitrogens with one attached hydrogen (secondary N) is 1. The van der Waals surface area contributed by atoms with E-state index in [1.165, 1.54) is 0 Å². The lowest BCUT2D eigenvalue weighted by molar-refractivity contribution is 0.510. The van der Waals surface area contributed by atoms with Crippen molar-refractivity contribution in [3.05, 3.63) is 51.6 Å². The summed E-state index contributed by atoms with van der Waals surface area (Å²) in [5, 5.41) is 8.26. The van der Waals surface area contributed by atoms with Gasteiger partial charge in [-0.2, -0.15) is 5.10 Å². The van der Waals surface area contributed by atoms with E-state index in [-0.39, 0.29) is 11.9 Å². The number of rotatable bonds is 5. The third-order valence-electron chi connectivity index (χ3n) is 3.73. The van der Waals surface area contributed by atoms with Crippen molar-refractivity contribution in [3.63, 3.8) is 0 Å². The molecule has 1 aromatic heterocycles. The highest BCUT2D eigenvalue weighted by molar-refractivity contribution is 6.31. The van der Waals surface area contributed by atoms with Crippen LogP contribution in [0.3, 0.4) is 0 Å². The van der Waals surface area contributed by atoms with Gasteiger partial charge in [0.15, 0.2) is 0 Å². The Labute approximate surface area is 130 Å². The first-order valence-corrected chi connectivity index (χ1v) is 7.50. The first-order chi connectivity index (χ1) is 9.97. The summed E-state index contributed by atoms with van der Waals surface area (Å²) in [6.45, 7) is 6.54. The average Bonchev–Trinajstić information content (AvgIpc) is 2.72. The molecule has 0 radical (unpaired) electrons. The third kappa shape index (κ3) is 3.27. The predicted octanol–water partition coefficient (Wildman–Crippen LogP) is 3.82. The Morgan fingerprint density at radius 1 is 1.38 bits per heavy atom. The van der Waals surface area contributed by atoms with Crippen LogP contribution in [0.1, 0.15) is 35.5 Å². The highest BCUT2D eigenvalue weighted by Gasteiger charge is 2.20. The molecule has 3 nitrogen and oxygen atoms in total. The number of aryl methyl sites for hydroxylation is 3. The lowest BCUT2D eigenvalue weighted by Gasteiger charge is -2.18. The Morgan fingerprint density at radius 2 is 2.10 bits per heavy atom. The second-order valence-corrected chi connectivity index (χ2v) is 5.61. The van der Waals surface area contributed by atoms with Crippen molar-refractivity contribution in [2.75, 3.05) is 7.05 Å². The van der Waals surface area contributed by atoms with E-state index >= 15 is 0 Å². The van der Waals surface area contributed by atoms with Crippen LogP contribution in [0, 0.1) is 19.7 Å². The Kier molecular flexibility index (Phi) is 5.01. The van der Waals surface area contributed by atoms with E-state index in [1.54, 1.807) is 6.07 Å². The van der Waals surface area contributed by atoms with Gasteiger partial charge in [-0.15, -0.1) is 0 Å². The molecule has 0 saturated heterocycles. The van der Waals surface area contributed by atoms with E-state index in [1.807, 2.05) is 44.6 Å². The fraction of sp³-hybridized carbons (Fsp3) is 0.438. The van der Waals surface area contributed by atoms with Gasteiger partial charge in [0.05, 0.1) is 16.4 Å². The molecule has 1 aromatic carbocycles. The van der Waals surface area contributed by atoms with E-state index in [4.69, 9.17) is 11.6 Å². The SMILES string of the molecule is CCn1nc(C)c(Cl)c1CC(NC)c1ccc(C)cc1F. The lowest BCUT2D eigenvalue weighted by atomic mass is 10.00. The minimum atomic E-state index is -0.190. The van der Waals surface area contributed by atoms with Gasteiger partial charge < -0.3 is 5.32 Å². The van der Waals surface area contributed by atoms with E-state index in [0.29, 0.717) is 17.0 Å². The van der Waals surface area contributed by atoms with Gasteiger partial charge in [0.2, 0.25) is 0 Å². The summed E-state index contributed by atoms with van der Waals surface area (Å²) in [6.07, 6.45) is 0.601. The number of aromatic nitrogens is 2. The normalized spacial score (nSPS) is 12.7. The summed E-state index contributed by atoms with van der Waals surface area (Å²) >= 11 is 6.34. The minimum absolute atomic E-state index is 0.135. The third-order valence-corrected chi connectivity index (χ3v) is 4.22. The van der Waals surface area contributed by atoms with Crippen LogP contribution in [0.2, 0.25) is 5.02 Å². The van der Waals surface area contributed by atoms with Crippen LogP contribution < -0.4 is 5.32 Å². The van der Waals surface area contributed by atoms with E-state index in [2.05, 4.69) is 10.4 Å². The molecule has 0 aliphatic rings. The lowest BCUT2D eigenvalue weighted by Crippen LogP contribution is -2.22. The minimum Gasteiger partial charge on any atom is -0.313 e. The van der Waals surface area contributed by atoms with Crippen LogP contribution in [-0.2, 0) is 13.0 Å². The quantitative estimate of drug-likeness (QED) is 0.910. The first-order valence-electron chi connectivity index (χ1n) is 7.13. The van der Waals surface area contributed by atoms with Crippen LogP contribution in [0.5, 0.6) is 0 Å². The van der Waals surface area contributed by atoms with Crippen molar-refractivity contribution < 1.29 is 4.39 Å². The van der Waals surface area contributed by atoms with E-state index in [0.717, 1.165) is 23.5 Å². The van der Waals surface area contributed by atoms with Crippen LogP contribution in [-0.4, -0.2) is 16.8 Å². The molecule has 1 atom stereocenters. The number of benzene rings is 1. The van der Waals surface area contributed by atoms with Gasteiger partial charge in [-0.1, -0.05) is 23.7 Å². The Morgan fingerprint density at radius 3 is 2.67 bits per heavy atom. The summed E-state index contributed by atoms with van der Waals surface area (Å²) in [7, 11) is 1.83. The molecule has 0 aliphatic heterocycles. The maximum absolute atomic E-state index is 14.2. The molecule has 5 heteroatoms. The van der Waals surface area contributed by atoms with Crippen molar-refractivity contribution >= 4 is 11.6 Å². The summed E-state index contributed by atoms with van der Waals surface area (Å²) in [5.41, 5.74) is 3.32. The summed E-state index contributed by atoms with van der Waals surface area (Å²) < 4.78 is 16.1. The number of hydrogen-bond acceptors (Lipinski definition) is 2. The zero-order chi connectivity index (χ0) is 15.6. The highest BCUT2D eigenvalue weighted by Crippen LogP contribution is 2.27. The Balaban J connectivity index is 2.35. The maximum Gasteiger partial charge on any atom is 0.128 e. The molecule has 1 unspecified atom stereocenters. The second kappa shape index (κ2) is 6.58. The van der Waals surface area contributed by atoms with Crippen molar-refractivity contribution in [2.45, 2.75) is 39.8 Å². The molecule has 2 aromatic rings. The van der Waals surface area contributed by atoms with Crippen molar-refractivity contribution in [3.8, 4) is 0 Å². The summed E-state index contributed by atoms with van der Waals surface area (Å²) in [5.74, 6) is -0.190. The molecule has 0 saturated carbocycles. The standard InChI is InChI=1S/C16H21ClFN3/c1-5-21-15(16(17)11(3)20-21)9-14(19-4)12-7-6-10(2)8-13(12)18/h6-8,14,19H,5,9H2,1-4H3. The Bertz CT molecular complexity index is 637. The number of hydrogen-bond donors (Lipinski definition) is 1. The predicted molar refractivity (Wildman–Crippen MR) is 84.3 cm³/mol. The van der Waals surface area contributed by atoms with Crippen LogP contribution in [0.25, 0.3) is 0 Å². The van der Waals surface area contributed by atoms with Gasteiger partial charge in [0.1, 0.15) is 5.82 Å². The van der Waals surface area contributed by atoms with Gasteiger partial charge in [-0.25, -0.2) is 4.39 Å². The zero-order valence-electron chi connectivity index (χ0n) is 12.9. The largest absolute Gasteiger partial charge is 0.313 e. The number of likely N-dealkylation sites (N-methyl/N-ethyl adjacent to an activating group) is 1. The topological polar surface area (TPSA) is 29.9 Å². The number of nitrogens with zero attached hydrogens (tertiary/aromatic N) is 2. The maximum atomic E-state index is 14.2. The van der Waals surface area contributed by atoms with Gasteiger partial charge in [0.25, 0.3) is 0 Å². The van der Waals surface area contributed by atoms with Gasteiger partial charge >= 0.3 is 0 Å². The zero-order valence-corrected chi connectivity index (χ0v) is 13.6. The first kappa shape index (κ1) is 16.0. The van der Waals surface area contributed by atoms with Crippen molar-refractivity contribution in [1.82, 2.24) is 15.1 Å². The number of halogens is 2. The molecule has 0 spiro atoms. The fourth-order valence-electron chi connectivity index (χ4n) is 2.54. The van der Waals surface area contributed by atoms with Crippen molar-refractivity contribution in [1.29, 1.82) is 0 Å². The molecule has 0 bridgehead atoms. The van der Waals surface area contributed by atoms with Gasteiger partial charge in [-0.3, -0.25) is 4.68 Å². The van der Waals surface area contributed by atoms with E-state index in [9.17, 15) is 4.39 Å². The van der Waals surface area contributed by atoms with E-state index < -0.39 is 0 Å². The molecule has 1 N–H and O–H groups in total. The van der Waals surface area contributed by atoms with Crippen LogP contribution >= 0.6 is 11.6 Å². The molecular weight excluding hydrogens is 289 g/mol. The summed E-state index contributed by atoms with van der Waals surface area (Å²) in [6, 6.07) is 5.18. The monoisotopic (exact) mass is 309 g/mol. The van der Waals surface area contributed by atoms with Crippen LogP contribution in [0.4, 0.5) is 4.39 Å². The summed E-state index contributed by atoms with van der Waals surface area (Å²) in [4.78, 5) is 0. The molecule has 2 rings (SSSR count). The molecule has 0 aliphatic carbocycles. The molecule has 114 valence electrons.